The molecule has 0 saturated carbocycles. The zero-order valence-corrected chi connectivity index (χ0v) is 19.3. The van der Waals surface area contributed by atoms with Gasteiger partial charge in [-0.25, -0.2) is 4.98 Å². The van der Waals surface area contributed by atoms with Crippen molar-refractivity contribution in [2.45, 2.75) is 26.8 Å². The molecule has 0 unspecified atom stereocenters. The van der Waals surface area contributed by atoms with Gasteiger partial charge in [0.2, 0.25) is 0 Å². The summed E-state index contributed by atoms with van der Waals surface area (Å²) >= 11 is 0. The van der Waals surface area contributed by atoms with Crippen molar-refractivity contribution in [3.05, 3.63) is 89.2 Å². The van der Waals surface area contributed by atoms with Crippen LogP contribution in [0.2, 0.25) is 0 Å². The molecule has 170 valence electrons. The minimum Gasteiger partial charge on any atom is -0.496 e. The Morgan fingerprint density at radius 3 is 2.61 bits per heavy atom. The third-order valence-electron chi connectivity index (χ3n) is 5.78. The zero-order valence-electron chi connectivity index (χ0n) is 19.3. The number of imidazole rings is 1. The van der Waals surface area contributed by atoms with Crippen LogP contribution in [0.15, 0.2) is 66.7 Å². The number of hydrogen-bond acceptors (Lipinski definition) is 4. The molecule has 33 heavy (non-hydrogen) atoms. The summed E-state index contributed by atoms with van der Waals surface area (Å²) in [6.07, 6.45) is 0.610. The number of hydrogen-bond donors (Lipinski definition) is 1. The highest BCUT2D eigenvalue weighted by atomic mass is 16.5. The average molecular weight is 444 g/mol. The number of para-hydroxylation sites is 3. The molecule has 1 N–H and O–H groups in total. The Labute approximate surface area is 194 Å². The summed E-state index contributed by atoms with van der Waals surface area (Å²) in [6, 6.07) is 21.4. The van der Waals surface area contributed by atoms with Crippen molar-refractivity contribution in [3.63, 3.8) is 0 Å². The van der Waals surface area contributed by atoms with Crippen LogP contribution in [0.4, 0.5) is 0 Å². The molecule has 6 heteroatoms. The predicted molar refractivity (Wildman–Crippen MR) is 130 cm³/mol. The van der Waals surface area contributed by atoms with Crippen molar-refractivity contribution in [3.8, 4) is 11.5 Å². The minimum atomic E-state index is -0.159. The number of methoxy groups -OCH3 is 1. The van der Waals surface area contributed by atoms with Gasteiger partial charge in [0.1, 0.15) is 23.9 Å². The summed E-state index contributed by atoms with van der Waals surface area (Å²) in [4.78, 5) is 17.4. The van der Waals surface area contributed by atoms with Crippen LogP contribution in [0.1, 0.15) is 27.3 Å². The highest BCUT2D eigenvalue weighted by Gasteiger charge is 2.13. The molecule has 0 aliphatic carbocycles. The number of nitrogens with zero attached hydrogens (tertiary/aromatic N) is 2. The van der Waals surface area contributed by atoms with E-state index in [0.29, 0.717) is 37.4 Å². The van der Waals surface area contributed by atoms with Crippen LogP contribution in [0.5, 0.6) is 11.5 Å². The fourth-order valence-electron chi connectivity index (χ4n) is 3.84. The standard InChI is InChI=1S/C27H29N3O3/c1-19-12-13-21(18-20(19)2)33-17-16-30-24-10-6-5-9-23(24)29-26(30)14-15-28-27(31)22-8-4-7-11-25(22)32-3/h4-13,18H,14-17H2,1-3H3,(H,28,31). The molecule has 1 amide bonds. The monoisotopic (exact) mass is 443 g/mol. The number of aryl methyl sites for hydroxylation is 2. The predicted octanol–water partition coefficient (Wildman–Crippen LogP) is 4.71. The summed E-state index contributed by atoms with van der Waals surface area (Å²) in [5, 5.41) is 2.98. The van der Waals surface area contributed by atoms with E-state index in [1.165, 1.54) is 11.1 Å². The molecule has 0 fully saturated rings. The summed E-state index contributed by atoms with van der Waals surface area (Å²) in [7, 11) is 1.56. The van der Waals surface area contributed by atoms with Crippen LogP contribution in [-0.2, 0) is 13.0 Å². The van der Waals surface area contributed by atoms with Crippen molar-refractivity contribution < 1.29 is 14.3 Å². The Bertz CT molecular complexity index is 1260. The number of carbonyl (C=O) groups is 1. The summed E-state index contributed by atoms with van der Waals surface area (Å²) in [5.41, 5.74) is 4.99. The van der Waals surface area contributed by atoms with Crippen molar-refractivity contribution in [2.24, 2.45) is 0 Å². The number of ether oxygens (including phenoxy) is 2. The molecule has 0 atom stereocenters. The first-order valence-corrected chi connectivity index (χ1v) is 11.1. The van der Waals surface area contributed by atoms with Crippen LogP contribution in [0.3, 0.4) is 0 Å². The Morgan fingerprint density at radius 1 is 1.00 bits per heavy atom. The first-order chi connectivity index (χ1) is 16.1. The normalized spacial score (nSPS) is 10.9. The number of fused-ring (bicyclic) bond motifs is 1. The third-order valence-corrected chi connectivity index (χ3v) is 5.78. The van der Waals surface area contributed by atoms with Gasteiger partial charge in [-0.3, -0.25) is 4.79 Å². The van der Waals surface area contributed by atoms with Crippen LogP contribution in [0.25, 0.3) is 11.0 Å². The molecular weight excluding hydrogens is 414 g/mol. The second-order valence-electron chi connectivity index (χ2n) is 7.97. The summed E-state index contributed by atoms with van der Waals surface area (Å²) in [6.45, 7) is 5.85. The molecule has 1 aromatic heterocycles. The maximum atomic E-state index is 12.6. The molecule has 0 radical (unpaired) electrons. The van der Waals surface area contributed by atoms with Gasteiger partial charge >= 0.3 is 0 Å². The van der Waals surface area contributed by atoms with E-state index >= 15 is 0 Å². The van der Waals surface area contributed by atoms with Crippen LogP contribution in [0, 0.1) is 13.8 Å². The van der Waals surface area contributed by atoms with E-state index in [1.54, 1.807) is 19.2 Å². The zero-order chi connectivity index (χ0) is 23.2. The van der Waals surface area contributed by atoms with Gasteiger partial charge in [0.05, 0.1) is 30.3 Å². The van der Waals surface area contributed by atoms with Gasteiger partial charge in [0.15, 0.2) is 0 Å². The number of nitrogens with one attached hydrogen (secondary N) is 1. The first kappa shape index (κ1) is 22.4. The summed E-state index contributed by atoms with van der Waals surface area (Å²) in [5.74, 6) is 2.19. The maximum Gasteiger partial charge on any atom is 0.255 e. The molecule has 0 spiro atoms. The van der Waals surface area contributed by atoms with E-state index in [1.807, 2.05) is 36.4 Å². The molecule has 1 heterocycles. The molecule has 0 aliphatic heterocycles. The van der Waals surface area contributed by atoms with Crippen molar-refractivity contribution >= 4 is 16.9 Å². The number of carbonyl (C=O) groups excluding carboxylic acids is 1. The van der Waals surface area contributed by atoms with Gasteiger partial charge in [0.25, 0.3) is 5.91 Å². The minimum absolute atomic E-state index is 0.159. The van der Waals surface area contributed by atoms with E-state index in [4.69, 9.17) is 14.5 Å². The topological polar surface area (TPSA) is 65.4 Å². The first-order valence-electron chi connectivity index (χ1n) is 11.1. The highest BCUT2D eigenvalue weighted by Crippen LogP contribution is 2.20. The van der Waals surface area contributed by atoms with Gasteiger partial charge in [-0.15, -0.1) is 0 Å². The van der Waals surface area contributed by atoms with Gasteiger partial charge in [-0.05, 0) is 61.4 Å². The van der Waals surface area contributed by atoms with Gasteiger partial charge < -0.3 is 19.4 Å². The summed E-state index contributed by atoms with van der Waals surface area (Å²) < 4.78 is 13.5. The van der Waals surface area contributed by atoms with E-state index in [2.05, 4.69) is 41.9 Å². The molecule has 6 nitrogen and oxygen atoms in total. The molecular formula is C27H29N3O3. The van der Waals surface area contributed by atoms with Gasteiger partial charge in [-0.2, -0.15) is 0 Å². The molecule has 4 rings (SSSR count). The average Bonchev–Trinajstić information content (AvgIpc) is 3.18. The number of amides is 1. The molecule has 0 saturated heterocycles. The fourth-order valence-corrected chi connectivity index (χ4v) is 3.84. The molecule has 4 aromatic rings. The van der Waals surface area contributed by atoms with Gasteiger partial charge in [0, 0.05) is 13.0 Å². The van der Waals surface area contributed by atoms with E-state index in [-0.39, 0.29) is 5.91 Å². The quantitative estimate of drug-likeness (QED) is 0.407. The fraction of sp³-hybridized carbons (Fsp3) is 0.259. The lowest BCUT2D eigenvalue weighted by Crippen LogP contribution is -2.27. The SMILES string of the molecule is COc1ccccc1C(=O)NCCc1nc2ccccc2n1CCOc1ccc(C)c(C)c1. The largest absolute Gasteiger partial charge is 0.496 e. The second-order valence-corrected chi connectivity index (χ2v) is 7.97. The van der Waals surface area contributed by atoms with Gasteiger partial charge in [-0.1, -0.05) is 30.3 Å². The van der Waals surface area contributed by atoms with Crippen molar-refractivity contribution in [2.75, 3.05) is 20.3 Å². The van der Waals surface area contributed by atoms with E-state index in [0.717, 1.165) is 22.6 Å². The number of aromatic nitrogens is 2. The lowest BCUT2D eigenvalue weighted by Gasteiger charge is -2.12. The van der Waals surface area contributed by atoms with Crippen LogP contribution >= 0.6 is 0 Å². The Balaban J connectivity index is 1.43. The van der Waals surface area contributed by atoms with E-state index in [9.17, 15) is 4.79 Å². The Kier molecular flexibility index (Phi) is 6.93. The van der Waals surface area contributed by atoms with Crippen molar-refractivity contribution in [1.29, 1.82) is 0 Å². The lowest BCUT2D eigenvalue weighted by molar-refractivity contribution is 0.0951. The maximum absolute atomic E-state index is 12.6. The van der Waals surface area contributed by atoms with E-state index < -0.39 is 0 Å². The molecule has 0 bridgehead atoms. The second kappa shape index (κ2) is 10.2. The highest BCUT2D eigenvalue weighted by molar-refractivity contribution is 5.96. The molecule has 3 aromatic carbocycles. The molecule has 0 aliphatic rings. The van der Waals surface area contributed by atoms with Crippen LogP contribution in [-0.4, -0.2) is 35.7 Å². The number of rotatable bonds is 9. The third kappa shape index (κ3) is 5.17. The van der Waals surface area contributed by atoms with Crippen LogP contribution < -0.4 is 14.8 Å². The Hall–Kier alpha value is -3.80. The van der Waals surface area contributed by atoms with Crippen molar-refractivity contribution in [1.82, 2.24) is 14.9 Å². The Morgan fingerprint density at radius 2 is 1.79 bits per heavy atom. The number of benzene rings is 3. The smallest absolute Gasteiger partial charge is 0.255 e. The lowest BCUT2D eigenvalue weighted by atomic mass is 10.1.